The van der Waals surface area contributed by atoms with Gasteiger partial charge in [-0.3, -0.25) is 4.79 Å². The number of nitrogens with zero attached hydrogens (tertiary/aromatic N) is 4. The molecule has 0 bridgehead atoms. The Hall–Kier alpha value is -3.92. The van der Waals surface area contributed by atoms with Crippen LogP contribution in [0.25, 0.3) is 0 Å². The third-order valence-corrected chi connectivity index (χ3v) is 3.85. The number of rotatable bonds is 5. The van der Waals surface area contributed by atoms with Crippen LogP contribution in [-0.4, -0.2) is 30.0 Å². The van der Waals surface area contributed by atoms with E-state index in [0.717, 1.165) is 11.4 Å². The molecule has 0 atom stereocenters. The second-order valence-electron chi connectivity index (χ2n) is 5.97. The first-order chi connectivity index (χ1) is 13.1. The number of amides is 1. The zero-order valence-electron chi connectivity index (χ0n) is 15.0. The summed E-state index contributed by atoms with van der Waals surface area (Å²) in [6.45, 7) is 0. The van der Waals surface area contributed by atoms with Gasteiger partial charge in [0.15, 0.2) is 0 Å². The second kappa shape index (κ2) is 7.97. The van der Waals surface area contributed by atoms with Crippen molar-refractivity contribution in [3.05, 3.63) is 72.2 Å². The molecule has 0 radical (unpaired) electrons. The third kappa shape index (κ3) is 4.38. The molecule has 3 rings (SSSR count). The molecule has 0 aliphatic rings. The summed E-state index contributed by atoms with van der Waals surface area (Å²) < 4.78 is 0. The molecule has 1 heterocycles. The molecule has 2 aromatic carbocycles. The Kier molecular flexibility index (Phi) is 5.28. The predicted molar refractivity (Wildman–Crippen MR) is 105 cm³/mol. The minimum atomic E-state index is -0.411. The van der Waals surface area contributed by atoms with E-state index in [1.807, 2.05) is 49.3 Å². The molecular weight excluding hydrogens is 340 g/mol. The van der Waals surface area contributed by atoms with Crippen molar-refractivity contribution >= 4 is 28.8 Å². The number of para-hydroxylation sites is 1. The van der Waals surface area contributed by atoms with Crippen LogP contribution in [0.15, 0.2) is 60.9 Å². The van der Waals surface area contributed by atoms with Gasteiger partial charge in [-0.2, -0.15) is 5.26 Å². The van der Waals surface area contributed by atoms with E-state index in [4.69, 9.17) is 5.26 Å². The maximum Gasteiger partial charge on any atom is 0.274 e. The van der Waals surface area contributed by atoms with Gasteiger partial charge < -0.3 is 15.5 Å². The van der Waals surface area contributed by atoms with Crippen LogP contribution >= 0.6 is 0 Å². The Morgan fingerprint density at radius 2 is 1.81 bits per heavy atom. The van der Waals surface area contributed by atoms with Crippen molar-refractivity contribution in [3.63, 3.8) is 0 Å². The standard InChI is InChI=1S/C20H18N6O/c1-26(2)16-9-7-15(8-10-16)24-19-11-18(22-13-23-19)20(27)25-17-6-4-3-5-14(17)12-21/h3-11,13H,1-2H3,(H,25,27)(H,22,23,24). The van der Waals surface area contributed by atoms with Crippen LogP contribution in [0.3, 0.4) is 0 Å². The van der Waals surface area contributed by atoms with Gasteiger partial charge in [0.1, 0.15) is 23.9 Å². The Labute approximate surface area is 157 Å². The van der Waals surface area contributed by atoms with E-state index in [2.05, 4.69) is 20.6 Å². The lowest BCUT2D eigenvalue weighted by Crippen LogP contribution is -2.15. The number of aromatic nitrogens is 2. The molecule has 0 fully saturated rings. The number of hydrogen-bond donors (Lipinski definition) is 2. The second-order valence-corrected chi connectivity index (χ2v) is 5.97. The van der Waals surface area contributed by atoms with Gasteiger partial charge in [-0.1, -0.05) is 12.1 Å². The van der Waals surface area contributed by atoms with Crippen LogP contribution in [-0.2, 0) is 0 Å². The van der Waals surface area contributed by atoms with Crippen molar-refractivity contribution in [1.29, 1.82) is 5.26 Å². The van der Waals surface area contributed by atoms with Crippen molar-refractivity contribution < 1.29 is 4.79 Å². The molecule has 7 heteroatoms. The Balaban J connectivity index is 1.75. The highest BCUT2D eigenvalue weighted by Gasteiger charge is 2.11. The average molecular weight is 358 g/mol. The van der Waals surface area contributed by atoms with E-state index in [-0.39, 0.29) is 5.69 Å². The molecule has 27 heavy (non-hydrogen) atoms. The van der Waals surface area contributed by atoms with Crippen molar-refractivity contribution in [2.24, 2.45) is 0 Å². The highest BCUT2D eigenvalue weighted by molar-refractivity contribution is 6.03. The molecule has 3 aromatic rings. The number of nitrogens with one attached hydrogen (secondary N) is 2. The summed E-state index contributed by atoms with van der Waals surface area (Å²) in [4.78, 5) is 22.6. The van der Waals surface area contributed by atoms with E-state index in [9.17, 15) is 4.79 Å². The lowest BCUT2D eigenvalue weighted by atomic mass is 10.2. The van der Waals surface area contributed by atoms with Gasteiger partial charge in [0, 0.05) is 31.5 Å². The first kappa shape index (κ1) is 17.9. The van der Waals surface area contributed by atoms with E-state index in [0.29, 0.717) is 17.1 Å². The van der Waals surface area contributed by atoms with E-state index in [1.54, 1.807) is 30.3 Å². The molecule has 0 saturated heterocycles. The van der Waals surface area contributed by atoms with Crippen LogP contribution in [0.5, 0.6) is 0 Å². The van der Waals surface area contributed by atoms with Crippen molar-refractivity contribution in [3.8, 4) is 6.07 Å². The predicted octanol–water partition coefficient (Wildman–Crippen LogP) is 3.41. The summed E-state index contributed by atoms with van der Waals surface area (Å²) in [6, 6.07) is 18.2. The van der Waals surface area contributed by atoms with Crippen molar-refractivity contribution in [1.82, 2.24) is 9.97 Å². The topological polar surface area (TPSA) is 93.9 Å². The minimum absolute atomic E-state index is 0.199. The highest BCUT2D eigenvalue weighted by atomic mass is 16.1. The van der Waals surface area contributed by atoms with Gasteiger partial charge in [0.2, 0.25) is 0 Å². The van der Waals surface area contributed by atoms with E-state index >= 15 is 0 Å². The van der Waals surface area contributed by atoms with Crippen molar-refractivity contribution in [2.75, 3.05) is 29.6 Å². The number of anilines is 4. The molecule has 7 nitrogen and oxygen atoms in total. The van der Waals surface area contributed by atoms with Crippen molar-refractivity contribution in [2.45, 2.75) is 0 Å². The lowest BCUT2D eigenvalue weighted by molar-refractivity contribution is 0.102. The van der Waals surface area contributed by atoms with Crippen LogP contribution in [0.1, 0.15) is 16.1 Å². The number of benzene rings is 2. The van der Waals surface area contributed by atoms with Gasteiger partial charge in [-0.15, -0.1) is 0 Å². The fraction of sp³-hybridized carbons (Fsp3) is 0.100. The normalized spacial score (nSPS) is 9.96. The summed E-state index contributed by atoms with van der Waals surface area (Å²) >= 11 is 0. The van der Waals surface area contributed by atoms with Crippen LogP contribution in [0.2, 0.25) is 0 Å². The largest absolute Gasteiger partial charge is 0.378 e. The molecule has 0 spiro atoms. The Bertz CT molecular complexity index is 992. The summed E-state index contributed by atoms with van der Waals surface area (Å²) in [5, 5.41) is 15.0. The molecular formula is C20H18N6O. The number of hydrogen-bond acceptors (Lipinski definition) is 6. The molecule has 2 N–H and O–H groups in total. The summed E-state index contributed by atoms with van der Waals surface area (Å²) in [5.74, 6) is 0.0902. The fourth-order valence-electron chi connectivity index (χ4n) is 2.42. The van der Waals surface area contributed by atoms with Gasteiger partial charge in [-0.25, -0.2) is 9.97 Å². The van der Waals surface area contributed by atoms with E-state index in [1.165, 1.54) is 6.33 Å². The summed E-state index contributed by atoms with van der Waals surface area (Å²) in [5.41, 5.74) is 2.96. The van der Waals surface area contributed by atoms with E-state index < -0.39 is 5.91 Å². The van der Waals surface area contributed by atoms with Crippen LogP contribution in [0, 0.1) is 11.3 Å². The number of carbonyl (C=O) groups is 1. The first-order valence-corrected chi connectivity index (χ1v) is 8.24. The van der Waals surface area contributed by atoms with Gasteiger partial charge >= 0.3 is 0 Å². The fourth-order valence-corrected chi connectivity index (χ4v) is 2.42. The molecule has 134 valence electrons. The maximum atomic E-state index is 12.5. The molecule has 0 saturated carbocycles. The zero-order chi connectivity index (χ0) is 19.2. The molecule has 1 amide bonds. The van der Waals surface area contributed by atoms with Gasteiger partial charge in [-0.05, 0) is 36.4 Å². The molecule has 0 unspecified atom stereocenters. The Morgan fingerprint density at radius 3 is 2.52 bits per heavy atom. The van der Waals surface area contributed by atoms with Gasteiger partial charge in [0.25, 0.3) is 5.91 Å². The SMILES string of the molecule is CN(C)c1ccc(Nc2cc(C(=O)Nc3ccccc3C#N)ncn2)cc1. The molecule has 0 aliphatic carbocycles. The van der Waals surface area contributed by atoms with Crippen LogP contribution in [0.4, 0.5) is 22.9 Å². The average Bonchev–Trinajstić information content (AvgIpc) is 2.69. The minimum Gasteiger partial charge on any atom is -0.378 e. The number of nitriles is 1. The monoisotopic (exact) mass is 358 g/mol. The summed E-state index contributed by atoms with van der Waals surface area (Å²) in [6.07, 6.45) is 1.32. The van der Waals surface area contributed by atoms with Crippen LogP contribution < -0.4 is 15.5 Å². The first-order valence-electron chi connectivity index (χ1n) is 8.24. The smallest absolute Gasteiger partial charge is 0.274 e. The highest BCUT2D eigenvalue weighted by Crippen LogP contribution is 2.20. The third-order valence-electron chi connectivity index (χ3n) is 3.85. The van der Waals surface area contributed by atoms with Gasteiger partial charge in [0.05, 0.1) is 11.3 Å². The Morgan fingerprint density at radius 1 is 1.07 bits per heavy atom. The lowest BCUT2D eigenvalue weighted by Gasteiger charge is -2.13. The quantitative estimate of drug-likeness (QED) is 0.726. The number of carbonyl (C=O) groups excluding carboxylic acids is 1. The molecule has 0 aliphatic heterocycles. The molecule has 1 aromatic heterocycles. The zero-order valence-corrected chi connectivity index (χ0v) is 15.0. The maximum absolute atomic E-state index is 12.5. The summed E-state index contributed by atoms with van der Waals surface area (Å²) in [7, 11) is 3.95.